The molecule has 0 atom stereocenters. The van der Waals surface area contributed by atoms with Crippen LogP contribution in [-0.4, -0.2) is 19.2 Å². The number of unbranched alkanes of at least 4 members (excludes halogenated alkanes) is 1. The molecule has 2 aromatic carbocycles. The molecular weight excluding hydrogens is 372 g/mol. The van der Waals surface area contributed by atoms with Crippen LogP contribution in [0.15, 0.2) is 57.7 Å². The fraction of sp³-hybridized carbons (Fsp3) is 0.304. The largest absolute Gasteiger partial charge is 0.542 e. The molecule has 0 spiro atoms. The minimum absolute atomic E-state index is 0.102. The second kappa shape index (κ2) is 9.78. The first-order valence-electron chi connectivity index (χ1n) is 9.72. The maximum absolute atomic E-state index is 12.1. The Bertz CT molecular complexity index is 1040. The van der Waals surface area contributed by atoms with Crippen LogP contribution in [0.4, 0.5) is 0 Å². The summed E-state index contributed by atoms with van der Waals surface area (Å²) in [5, 5.41) is 11.3. The highest BCUT2D eigenvalue weighted by Crippen LogP contribution is 2.25. The van der Waals surface area contributed by atoms with Crippen LogP contribution in [0.3, 0.4) is 0 Å². The molecule has 0 saturated heterocycles. The SMILES string of the molecule is CCCCc1ccccc1OCCCOc1cccc2c(=O)cc(C(=O)[O-])oc12. The number of carboxylic acid groups (broad SMARTS) is 1. The fourth-order valence-corrected chi connectivity index (χ4v) is 3.01. The summed E-state index contributed by atoms with van der Waals surface area (Å²) in [4.78, 5) is 23.1. The molecule has 0 fully saturated rings. The summed E-state index contributed by atoms with van der Waals surface area (Å²) >= 11 is 0. The van der Waals surface area contributed by atoms with Gasteiger partial charge in [0.25, 0.3) is 0 Å². The average Bonchev–Trinajstić information content (AvgIpc) is 2.73. The summed E-state index contributed by atoms with van der Waals surface area (Å²) < 4.78 is 16.9. The second-order valence-corrected chi connectivity index (χ2v) is 6.66. The number of benzene rings is 2. The van der Waals surface area contributed by atoms with Gasteiger partial charge in [-0.15, -0.1) is 0 Å². The number of carbonyl (C=O) groups excluding carboxylic acids is 1. The summed E-state index contributed by atoms with van der Waals surface area (Å²) in [6, 6.07) is 13.8. The van der Waals surface area contributed by atoms with E-state index in [1.807, 2.05) is 18.2 Å². The van der Waals surface area contributed by atoms with Crippen LogP contribution < -0.4 is 20.0 Å². The molecule has 0 unspecified atom stereocenters. The number of hydrogen-bond donors (Lipinski definition) is 0. The molecule has 0 aliphatic heterocycles. The van der Waals surface area contributed by atoms with Gasteiger partial charge in [0.1, 0.15) is 11.7 Å². The van der Waals surface area contributed by atoms with Gasteiger partial charge in [-0.25, -0.2) is 0 Å². The van der Waals surface area contributed by atoms with Gasteiger partial charge in [0.15, 0.2) is 22.5 Å². The van der Waals surface area contributed by atoms with Gasteiger partial charge in [-0.1, -0.05) is 37.6 Å². The van der Waals surface area contributed by atoms with Crippen molar-refractivity contribution in [1.82, 2.24) is 0 Å². The van der Waals surface area contributed by atoms with E-state index in [2.05, 4.69) is 13.0 Å². The third kappa shape index (κ3) is 5.16. The number of fused-ring (bicyclic) bond motifs is 1. The van der Waals surface area contributed by atoms with Gasteiger partial charge in [-0.05, 0) is 36.6 Å². The van der Waals surface area contributed by atoms with Crippen molar-refractivity contribution < 1.29 is 23.8 Å². The third-order valence-corrected chi connectivity index (χ3v) is 4.50. The zero-order chi connectivity index (χ0) is 20.6. The zero-order valence-corrected chi connectivity index (χ0v) is 16.3. The first-order valence-corrected chi connectivity index (χ1v) is 9.72. The van der Waals surface area contributed by atoms with Crippen molar-refractivity contribution >= 4 is 16.9 Å². The van der Waals surface area contributed by atoms with Crippen molar-refractivity contribution in [3.63, 3.8) is 0 Å². The van der Waals surface area contributed by atoms with E-state index in [1.165, 1.54) is 5.56 Å². The summed E-state index contributed by atoms with van der Waals surface area (Å²) in [6.07, 6.45) is 3.84. The number of para-hydroxylation sites is 2. The molecule has 1 aromatic heterocycles. The highest BCUT2D eigenvalue weighted by atomic mass is 16.5. The summed E-state index contributed by atoms with van der Waals surface area (Å²) in [5.41, 5.74) is 0.842. The third-order valence-electron chi connectivity index (χ3n) is 4.50. The minimum atomic E-state index is -1.55. The highest BCUT2D eigenvalue weighted by molar-refractivity contribution is 5.88. The lowest BCUT2D eigenvalue weighted by molar-refractivity contribution is -0.257. The maximum atomic E-state index is 12.1. The number of carbonyl (C=O) groups is 1. The van der Waals surface area contributed by atoms with Gasteiger partial charge in [0, 0.05) is 12.5 Å². The topological polar surface area (TPSA) is 88.8 Å². The number of rotatable bonds is 10. The fourth-order valence-electron chi connectivity index (χ4n) is 3.01. The average molecular weight is 395 g/mol. The maximum Gasteiger partial charge on any atom is 0.193 e. The number of hydrogen-bond acceptors (Lipinski definition) is 6. The van der Waals surface area contributed by atoms with Crippen LogP contribution in [0, 0.1) is 0 Å². The van der Waals surface area contributed by atoms with E-state index in [0.717, 1.165) is 31.1 Å². The molecule has 152 valence electrons. The van der Waals surface area contributed by atoms with E-state index in [-0.39, 0.29) is 11.0 Å². The molecule has 1 heterocycles. The van der Waals surface area contributed by atoms with Gasteiger partial charge in [0.05, 0.1) is 18.6 Å². The molecule has 3 aromatic rings. The molecule has 0 amide bonds. The quantitative estimate of drug-likeness (QED) is 0.489. The van der Waals surface area contributed by atoms with E-state index in [4.69, 9.17) is 13.9 Å². The molecule has 6 nitrogen and oxygen atoms in total. The normalized spacial score (nSPS) is 10.8. The van der Waals surface area contributed by atoms with Gasteiger partial charge < -0.3 is 23.8 Å². The molecule has 0 N–H and O–H groups in total. The Hall–Kier alpha value is -3.28. The molecule has 3 rings (SSSR count). The predicted molar refractivity (Wildman–Crippen MR) is 107 cm³/mol. The highest BCUT2D eigenvalue weighted by Gasteiger charge is 2.11. The van der Waals surface area contributed by atoms with Crippen LogP contribution in [0.2, 0.25) is 0 Å². The second-order valence-electron chi connectivity index (χ2n) is 6.66. The lowest BCUT2D eigenvalue weighted by atomic mass is 10.1. The van der Waals surface area contributed by atoms with E-state index in [9.17, 15) is 14.7 Å². The van der Waals surface area contributed by atoms with Crippen molar-refractivity contribution in [3.8, 4) is 11.5 Å². The van der Waals surface area contributed by atoms with Gasteiger partial charge >= 0.3 is 0 Å². The van der Waals surface area contributed by atoms with Gasteiger partial charge in [0.2, 0.25) is 0 Å². The first kappa shape index (κ1) is 20.5. The van der Waals surface area contributed by atoms with Crippen LogP contribution in [0.1, 0.15) is 42.3 Å². The molecular formula is C23H23O6-. The lowest BCUT2D eigenvalue weighted by Gasteiger charge is -2.12. The Morgan fingerprint density at radius 3 is 2.48 bits per heavy atom. The van der Waals surface area contributed by atoms with Crippen LogP contribution in [-0.2, 0) is 6.42 Å². The van der Waals surface area contributed by atoms with E-state index in [1.54, 1.807) is 18.2 Å². The summed E-state index contributed by atoms with van der Waals surface area (Å²) in [6.45, 7) is 2.96. The monoisotopic (exact) mass is 395 g/mol. The van der Waals surface area contributed by atoms with Gasteiger partial charge in [-0.3, -0.25) is 4.79 Å². The number of aryl methyl sites for hydroxylation is 1. The molecule has 29 heavy (non-hydrogen) atoms. The number of ether oxygens (including phenoxy) is 2. The van der Waals surface area contributed by atoms with E-state index < -0.39 is 17.2 Å². The molecule has 0 radical (unpaired) electrons. The van der Waals surface area contributed by atoms with Crippen LogP contribution in [0.5, 0.6) is 11.5 Å². The van der Waals surface area contributed by atoms with Crippen molar-refractivity contribution in [1.29, 1.82) is 0 Å². The predicted octanol–water partition coefficient (Wildman–Crippen LogP) is 3.35. The molecule has 6 heteroatoms. The van der Waals surface area contributed by atoms with Crippen molar-refractivity contribution in [2.24, 2.45) is 0 Å². The lowest BCUT2D eigenvalue weighted by Crippen LogP contribution is -2.23. The molecule has 0 bridgehead atoms. The van der Waals surface area contributed by atoms with Gasteiger partial charge in [-0.2, -0.15) is 0 Å². The summed E-state index contributed by atoms with van der Waals surface area (Å²) in [5.74, 6) is -0.874. The van der Waals surface area contributed by atoms with Crippen LogP contribution >= 0.6 is 0 Å². The van der Waals surface area contributed by atoms with E-state index in [0.29, 0.717) is 25.4 Å². The Morgan fingerprint density at radius 1 is 1.00 bits per heavy atom. The standard InChI is InChI=1S/C23H24O6/c1-2-3-8-16-9-4-5-11-19(16)27-13-7-14-28-20-12-6-10-17-18(24)15-21(23(25)26)29-22(17)20/h4-6,9-12,15H,2-3,7-8,13-14H2,1H3,(H,25,26)/p-1. The zero-order valence-electron chi connectivity index (χ0n) is 16.3. The Labute approximate surface area is 168 Å². The Kier molecular flexibility index (Phi) is 6.89. The molecule has 0 aliphatic rings. The number of carboxylic acids is 1. The Balaban J connectivity index is 1.61. The number of aromatic carboxylic acids is 1. The van der Waals surface area contributed by atoms with Crippen molar-refractivity contribution in [2.75, 3.05) is 13.2 Å². The van der Waals surface area contributed by atoms with E-state index >= 15 is 0 Å². The van der Waals surface area contributed by atoms with Crippen molar-refractivity contribution in [3.05, 3.63) is 70.1 Å². The molecule has 0 saturated carbocycles. The minimum Gasteiger partial charge on any atom is -0.542 e. The van der Waals surface area contributed by atoms with Crippen LogP contribution in [0.25, 0.3) is 11.0 Å². The summed E-state index contributed by atoms with van der Waals surface area (Å²) in [7, 11) is 0. The molecule has 0 aliphatic carbocycles. The Morgan fingerprint density at radius 2 is 1.72 bits per heavy atom. The van der Waals surface area contributed by atoms with Crippen molar-refractivity contribution in [2.45, 2.75) is 32.6 Å². The smallest absolute Gasteiger partial charge is 0.193 e. The first-order chi connectivity index (χ1) is 14.1.